The maximum Gasteiger partial charge on any atom is 0.349 e. The van der Waals surface area contributed by atoms with Crippen molar-refractivity contribution in [2.75, 3.05) is 5.32 Å². The third kappa shape index (κ3) is 2.01. The molecular formula is C12H11N5O2. The highest BCUT2D eigenvalue weighted by molar-refractivity contribution is 5.80. The molecule has 2 heterocycles. The number of hydrogen-bond acceptors (Lipinski definition) is 4. The molecule has 1 aromatic carbocycles. The van der Waals surface area contributed by atoms with E-state index >= 15 is 0 Å². The van der Waals surface area contributed by atoms with E-state index in [1.165, 1.54) is 4.68 Å². The van der Waals surface area contributed by atoms with Gasteiger partial charge in [0.05, 0.1) is 5.52 Å². The topological polar surface area (TPSA) is 95.8 Å². The standard InChI is InChI=1S/C12H11N5O2/c18-12(19)11(14-10-6-3-7-13-10)17-9-5-2-1-4-8(9)15-16-17/h1-7,11,13-14H,(H,18,19). The van der Waals surface area contributed by atoms with Gasteiger partial charge in [-0.05, 0) is 24.3 Å². The van der Waals surface area contributed by atoms with E-state index in [1.54, 1.807) is 30.5 Å². The quantitative estimate of drug-likeness (QED) is 0.657. The molecule has 0 saturated heterocycles. The molecule has 0 spiro atoms. The lowest BCUT2D eigenvalue weighted by Gasteiger charge is -2.15. The van der Waals surface area contributed by atoms with Gasteiger partial charge in [0.1, 0.15) is 11.3 Å². The van der Waals surface area contributed by atoms with Gasteiger partial charge in [-0.15, -0.1) is 5.10 Å². The molecule has 19 heavy (non-hydrogen) atoms. The molecule has 0 amide bonds. The van der Waals surface area contributed by atoms with Gasteiger partial charge in [0.25, 0.3) is 0 Å². The van der Waals surface area contributed by atoms with Crippen LogP contribution in [0.3, 0.4) is 0 Å². The Hall–Kier alpha value is -2.83. The summed E-state index contributed by atoms with van der Waals surface area (Å²) >= 11 is 0. The van der Waals surface area contributed by atoms with Gasteiger partial charge in [-0.3, -0.25) is 0 Å². The highest BCUT2D eigenvalue weighted by Gasteiger charge is 2.22. The average molecular weight is 257 g/mol. The van der Waals surface area contributed by atoms with E-state index in [9.17, 15) is 9.90 Å². The molecular weight excluding hydrogens is 246 g/mol. The number of aliphatic carboxylic acids is 1. The monoisotopic (exact) mass is 257 g/mol. The number of hydrogen-bond donors (Lipinski definition) is 3. The molecule has 3 N–H and O–H groups in total. The lowest BCUT2D eigenvalue weighted by atomic mass is 10.3. The average Bonchev–Trinajstić information content (AvgIpc) is 3.05. The zero-order valence-electron chi connectivity index (χ0n) is 9.82. The lowest BCUT2D eigenvalue weighted by Crippen LogP contribution is -2.27. The Morgan fingerprint density at radius 2 is 2.16 bits per heavy atom. The summed E-state index contributed by atoms with van der Waals surface area (Å²) < 4.78 is 1.35. The second kappa shape index (κ2) is 4.45. The van der Waals surface area contributed by atoms with Crippen LogP contribution in [0.15, 0.2) is 42.6 Å². The van der Waals surface area contributed by atoms with E-state index < -0.39 is 12.1 Å². The van der Waals surface area contributed by atoms with E-state index in [4.69, 9.17) is 0 Å². The molecule has 0 aliphatic carbocycles. The van der Waals surface area contributed by atoms with E-state index in [0.29, 0.717) is 16.9 Å². The molecule has 0 aliphatic heterocycles. The van der Waals surface area contributed by atoms with Crippen LogP contribution < -0.4 is 5.32 Å². The SMILES string of the molecule is O=C(O)C(Nc1ccc[nH]1)n1nnc2ccccc21. The molecule has 0 saturated carbocycles. The van der Waals surface area contributed by atoms with Gasteiger partial charge in [0.15, 0.2) is 0 Å². The number of carbonyl (C=O) groups is 1. The van der Waals surface area contributed by atoms with Crippen LogP contribution in [0.4, 0.5) is 5.82 Å². The van der Waals surface area contributed by atoms with Crippen molar-refractivity contribution in [3.8, 4) is 0 Å². The summed E-state index contributed by atoms with van der Waals surface area (Å²) in [4.78, 5) is 14.3. The number of nitrogens with one attached hydrogen (secondary N) is 2. The molecule has 0 bridgehead atoms. The fraction of sp³-hybridized carbons (Fsp3) is 0.0833. The Bertz CT molecular complexity index is 704. The number of aromatic nitrogens is 4. The van der Waals surface area contributed by atoms with Crippen LogP contribution in [0.2, 0.25) is 0 Å². The normalized spacial score (nSPS) is 12.4. The van der Waals surface area contributed by atoms with E-state index in [0.717, 1.165) is 0 Å². The summed E-state index contributed by atoms with van der Waals surface area (Å²) in [5.41, 5.74) is 1.32. The molecule has 7 nitrogen and oxygen atoms in total. The minimum Gasteiger partial charge on any atom is -0.478 e. The molecule has 7 heteroatoms. The summed E-state index contributed by atoms with van der Waals surface area (Å²) in [7, 11) is 0. The van der Waals surface area contributed by atoms with E-state index in [2.05, 4.69) is 20.6 Å². The van der Waals surface area contributed by atoms with Gasteiger partial charge in [-0.25, -0.2) is 9.48 Å². The largest absolute Gasteiger partial charge is 0.478 e. The molecule has 3 rings (SSSR count). The van der Waals surface area contributed by atoms with Crippen LogP contribution in [0.1, 0.15) is 6.17 Å². The van der Waals surface area contributed by atoms with Gasteiger partial charge in [0.2, 0.25) is 6.17 Å². The summed E-state index contributed by atoms with van der Waals surface area (Å²) in [6.07, 6.45) is 0.687. The number of anilines is 1. The highest BCUT2D eigenvalue weighted by atomic mass is 16.4. The van der Waals surface area contributed by atoms with Gasteiger partial charge < -0.3 is 15.4 Å². The summed E-state index contributed by atoms with van der Waals surface area (Å²) in [6.45, 7) is 0. The molecule has 3 aromatic rings. The number of benzene rings is 1. The molecule has 0 radical (unpaired) electrons. The first-order chi connectivity index (χ1) is 9.25. The highest BCUT2D eigenvalue weighted by Crippen LogP contribution is 2.17. The van der Waals surface area contributed by atoms with Crippen LogP contribution >= 0.6 is 0 Å². The molecule has 0 aliphatic rings. The second-order valence-corrected chi connectivity index (χ2v) is 3.99. The van der Waals surface area contributed by atoms with E-state index in [1.807, 2.05) is 12.1 Å². The molecule has 1 unspecified atom stereocenters. The minimum absolute atomic E-state index is 0.604. The summed E-state index contributed by atoms with van der Waals surface area (Å²) in [6, 6.07) is 10.7. The number of H-pyrrole nitrogens is 1. The Labute approximate surface area is 107 Å². The van der Waals surface area contributed by atoms with Crippen LogP contribution in [-0.4, -0.2) is 31.1 Å². The van der Waals surface area contributed by atoms with Crippen molar-refractivity contribution in [1.82, 2.24) is 20.0 Å². The smallest absolute Gasteiger partial charge is 0.349 e. The minimum atomic E-state index is -1.04. The summed E-state index contributed by atoms with van der Waals surface area (Å²) in [5.74, 6) is -0.433. The molecule has 96 valence electrons. The third-order valence-electron chi connectivity index (χ3n) is 2.75. The van der Waals surface area contributed by atoms with Crippen LogP contribution in [0.5, 0.6) is 0 Å². The van der Waals surface area contributed by atoms with Crippen LogP contribution in [0.25, 0.3) is 11.0 Å². The number of aromatic amines is 1. The number of carboxylic acid groups (broad SMARTS) is 1. The van der Waals surface area contributed by atoms with Gasteiger partial charge in [-0.2, -0.15) is 0 Å². The van der Waals surface area contributed by atoms with Crippen molar-refractivity contribution in [3.05, 3.63) is 42.6 Å². The van der Waals surface area contributed by atoms with Crippen molar-refractivity contribution in [2.24, 2.45) is 0 Å². The molecule has 2 aromatic heterocycles. The molecule has 0 fully saturated rings. The predicted octanol–water partition coefficient (Wildman–Crippen LogP) is 1.45. The fourth-order valence-electron chi connectivity index (χ4n) is 1.87. The first kappa shape index (κ1) is 11.3. The van der Waals surface area contributed by atoms with Crippen molar-refractivity contribution < 1.29 is 9.90 Å². The zero-order chi connectivity index (χ0) is 13.2. The maximum absolute atomic E-state index is 11.4. The fourth-order valence-corrected chi connectivity index (χ4v) is 1.87. The van der Waals surface area contributed by atoms with Crippen molar-refractivity contribution in [1.29, 1.82) is 0 Å². The van der Waals surface area contributed by atoms with Crippen LogP contribution in [-0.2, 0) is 4.79 Å². The maximum atomic E-state index is 11.4. The third-order valence-corrected chi connectivity index (χ3v) is 2.75. The van der Waals surface area contributed by atoms with E-state index in [-0.39, 0.29) is 0 Å². The van der Waals surface area contributed by atoms with Crippen molar-refractivity contribution in [2.45, 2.75) is 6.17 Å². The van der Waals surface area contributed by atoms with Crippen molar-refractivity contribution in [3.63, 3.8) is 0 Å². The van der Waals surface area contributed by atoms with Gasteiger partial charge in [0, 0.05) is 6.20 Å². The number of carboxylic acids is 1. The zero-order valence-corrected chi connectivity index (χ0v) is 9.82. The number of nitrogens with zero attached hydrogens (tertiary/aromatic N) is 3. The first-order valence-electron chi connectivity index (χ1n) is 5.68. The first-order valence-corrected chi connectivity index (χ1v) is 5.68. The number of para-hydroxylation sites is 1. The van der Waals surface area contributed by atoms with Gasteiger partial charge in [-0.1, -0.05) is 17.3 Å². The van der Waals surface area contributed by atoms with Crippen LogP contribution in [0, 0.1) is 0 Å². The van der Waals surface area contributed by atoms with Gasteiger partial charge >= 0.3 is 5.97 Å². The predicted molar refractivity (Wildman–Crippen MR) is 68.6 cm³/mol. The Balaban J connectivity index is 2.02. The Morgan fingerprint density at radius 1 is 1.32 bits per heavy atom. The lowest BCUT2D eigenvalue weighted by molar-refractivity contribution is -0.140. The number of rotatable bonds is 4. The second-order valence-electron chi connectivity index (χ2n) is 3.99. The number of fused-ring (bicyclic) bond motifs is 1. The molecule has 1 atom stereocenters. The Kier molecular flexibility index (Phi) is 2.64. The van der Waals surface area contributed by atoms with Crippen molar-refractivity contribution >= 4 is 22.8 Å². The Morgan fingerprint density at radius 3 is 2.89 bits per heavy atom. The summed E-state index contributed by atoms with van der Waals surface area (Å²) in [5, 5.41) is 20.1.